The van der Waals surface area contributed by atoms with Gasteiger partial charge in [0.15, 0.2) is 0 Å². The van der Waals surface area contributed by atoms with E-state index in [1.807, 2.05) is 0 Å². The summed E-state index contributed by atoms with van der Waals surface area (Å²) in [4.78, 5) is 29.7. The van der Waals surface area contributed by atoms with Gasteiger partial charge in [-0.2, -0.15) is 4.31 Å². The van der Waals surface area contributed by atoms with E-state index in [2.05, 4.69) is 13.6 Å². The molecule has 13 heteroatoms. The molecule has 0 aliphatic carbocycles. The summed E-state index contributed by atoms with van der Waals surface area (Å²) in [6.07, 6.45) is 1.35. The van der Waals surface area contributed by atoms with Crippen molar-refractivity contribution in [1.82, 2.24) is 4.98 Å². The number of rotatable bonds is 6. The van der Waals surface area contributed by atoms with Crippen molar-refractivity contribution < 1.29 is 41.5 Å². The van der Waals surface area contributed by atoms with Crippen LogP contribution in [0.4, 0.5) is 0 Å². The van der Waals surface area contributed by atoms with Crippen LogP contribution in [0.2, 0.25) is 0 Å². The lowest BCUT2D eigenvalue weighted by atomic mass is 10.2. The van der Waals surface area contributed by atoms with E-state index >= 15 is 0 Å². The number of hydrogen-bond acceptors (Lipinski definition) is 7. The van der Waals surface area contributed by atoms with E-state index in [1.165, 1.54) is 6.20 Å². The van der Waals surface area contributed by atoms with Gasteiger partial charge in [-0.3, -0.25) is 4.89 Å². The van der Waals surface area contributed by atoms with Crippen LogP contribution in [0.15, 0.2) is 36.5 Å². The number of benzene rings is 1. The zero-order valence-electron chi connectivity index (χ0n) is 10.5. The highest BCUT2D eigenvalue weighted by Crippen LogP contribution is 2.61. The van der Waals surface area contributed by atoms with Crippen LogP contribution in [0.1, 0.15) is 0 Å². The van der Waals surface area contributed by atoms with Crippen LogP contribution in [0.25, 0.3) is 10.8 Å². The van der Waals surface area contributed by atoms with Gasteiger partial charge < -0.3 is 9.79 Å². The van der Waals surface area contributed by atoms with Crippen molar-refractivity contribution >= 4 is 34.7 Å². The summed E-state index contributed by atoms with van der Waals surface area (Å²) >= 11 is 0. The Morgan fingerprint density at radius 3 is 2.45 bits per heavy atom. The predicted molar refractivity (Wildman–Crippen MR) is 74.0 cm³/mol. The highest BCUT2D eigenvalue weighted by molar-refractivity contribution is 7.64. The molecule has 0 bridgehead atoms. The van der Waals surface area contributed by atoms with Gasteiger partial charge in [-0.15, -0.1) is 0 Å². The quantitative estimate of drug-likeness (QED) is 0.648. The lowest BCUT2D eigenvalue weighted by molar-refractivity contribution is 0.227. The minimum atomic E-state index is -5.30. The van der Waals surface area contributed by atoms with Crippen LogP contribution < -0.4 is 4.52 Å². The summed E-state index contributed by atoms with van der Waals surface area (Å²) in [5.74, 6) is -0.143. The van der Waals surface area contributed by atoms with Crippen LogP contribution in [0.5, 0.6) is 5.88 Å². The average molecular weight is 368 g/mol. The zero-order chi connectivity index (χ0) is 16.4. The highest BCUT2D eigenvalue weighted by atomic mass is 31.3. The lowest BCUT2D eigenvalue weighted by Gasteiger charge is -2.05. The molecular weight excluding hydrogens is 359 g/mol. The number of fused-ring (bicyclic) bond motifs is 1. The minimum Gasteiger partial charge on any atom is -0.302 e. The third kappa shape index (κ3) is 4.91. The Hall–Kier alpha value is -1.21. The smallest absolute Gasteiger partial charge is 0.302 e. The molecule has 1 aromatic carbocycles. The molecule has 2 aromatic rings. The van der Waals surface area contributed by atoms with Crippen LogP contribution in [-0.4, -0.2) is 19.7 Å². The maximum Gasteiger partial charge on any atom is 0.762 e. The Bertz CT molecular complexity index is 799. The normalized spacial score (nSPS) is 15.3. The number of pyridine rings is 1. The molecule has 1 heterocycles. The number of phosphoric acid groups is 2. The Morgan fingerprint density at radius 1 is 1.09 bits per heavy atom. The second kappa shape index (κ2) is 6.50. The summed E-state index contributed by atoms with van der Waals surface area (Å²) in [5, 5.41) is 1.16. The van der Waals surface area contributed by atoms with Gasteiger partial charge in [0, 0.05) is 20.5 Å². The molecular formula is C9H9NO9P3+. The fraction of sp³-hybridized carbons (Fsp3) is 0. The number of nitrogens with zero attached hydrogens (tertiary/aromatic N) is 1. The van der Waals surface area contributed by atoms with E-state index < -0.39 is 23.9 Å². The summed E-state index contributed by atoms with van der Waals surface area (Å²) < 4.78 is 45.5. The van der Waals surface area contributed by atoms with Crippen LogP contribution in [-0.2, 0) is 22.3 Å². The third-order valence-electron chi connectivity index (χ3n) is 2.18. The van der Waals surface area contributed by atoms with E-state index in [1.54, 1.807) is 30.3 Å². The van der Waals surface area contributed by atoms with Crippen molar-refractivity contribution in [2.24, 2.45) is 0 Å². The first-order valence-electron chi connectivity index (χ1n) is 5.45. The second-order valence-electron chi connectivity index (χ2n) is 3.77. The molecule has 0 spiro atoms. The third-order valence-corrected chi connectivity index (χ3v) is 5.53. The van der Waals surface area contributed by atoms with Crippen molar-refractivity contribution in [2.75, 3.05) is 0 Å². The second-order valence-corrected chi connectivity index (χ2v) is 7.63. The van der Waals surface area contributed by atoms with Crippen molar-refractivity contribution in [1.29, 1.82) is 0 Å². The maximum absolute atomic E-state index is 11.6. The van der Waals surface area contributed by atoms with Gasteiger partial charge in [-0.1, -0.05) is 18.2 Å². The highest BCUT2D eigenvalue weighted by Gasteiger charge is 2.44. The maximum atomic E-state index is 11.6. The molecule has 0 aliphatic rings. The van der Waals surface area contributed by atoms with Gasteiger partial charge in [-0.25, -0.2) is 18.6 Å². The number of hydrogen-bond donors (Lipinski definition) is 3. The molecule has 2 atom stereocenters. The molecule has 0 radical (unpaired) electrons. The lowest BCUT2D eigenvalue weighted by Crippen LogP contribution is -1.92. The molecule has 10 nitrogen and oxygen atoms in total. The van der Waals surface area contributed by atoms with Crippen molar-refractivity contribution in [3.8, 4) is 5.88 Å². The first-order valence-corrected chi connectivity index (χ1v) is 9.57. The molecule has 0 saturated heterocycles. The topological polar surface area (TPSA) is 152 Å². The molecule has 0 saturated carbocycles. The zero-order valence-corrected chi connectivity index (χ0v) is 13.2. The molecule has 2 unspecified atom stereocenters. The summed E-state index contributed by atoms with van der Waals surface area (Å²) in [6.45, 7) is 0. The Kier molecular flexibility index (Phi) is 5.07. The molecule has 22 heavy (non-hydrogen) atoms. The van der Waals surface area contributed by atoms with E-state index in [4.69, 9.17) is 19.2 Å². The monoisotopic (exact) mass is 368 g/mol. The summed E-state index contributed by atoms with van der Waals surface area (Å²) in [7, 11) is -13.8. The van der Waals surface area contributed by atoms with E-state index in [-0.39, 0.29) is 5.88 Å². The first kappa shape index (κ1) is 17.1. The van der Waals surface area contributed by atoms with E-state index in [0.29, 0.717) is 10.8 Å². The van der Waals surface area contributed by atoms with Crippen LogP contribution >= 0.6 is 23.9 Å². The fourth-order valence-corrected chi connectivity index (χ4v) is 4.04. The van der Waals surface area contributed by atoms with Gasteiger partial charge in [0.2, 0.25) is 0 Å². The molecule has 0 aliphatic heterocycles. The summed E-state index contributed by atoms with van der Waals surface area (Å²) in [5.41, 5.74) is 0. The molecule has 2 rings (SSSR count). The van der Waals surface area contributed by atoms with Crippen LogP contribution in [0.3, 0.4) is 0 Å². The molecule has 3 N–H and O–H groups in total. The Morgan fingerprint density at radius 2 is 1.77 bits per heavy atom. The largest absolute Gasteiger partial charge is 0.762 e. The predicted octanol–water partition coefficient (Wildman–Crippen LogP) is 2.50. The fourth-order valence-electron chi connectivity index (χ4n) is 1.49. The number of aromatic nitrogens is 1. The van der Waals surface area contributed by atoms with Gasteiger partial charge in [0.25, 0.3) is 5.88 Å². The minimum absolute atomic E-state index is 0.143. The average Bonchev–Trinajstić information content (AvgIpc) is 2.35. The molecule has 1 aromatic heterocycles. The van der Waals surface area contributed by atoms with Crippen molar-refractivity contribution in [2.45, 2.75) is 0 Å². The van der Waals surface area contributed by atoms with Crippen molar-refractivity contribution in [3.63, 3.8) is 0 Å². The van der Waals surface area contributed by atoms with Gasteiger partial charge in [-0.05, 0) is 17.5 Å². The summed E-state index contributed by atoms with van der Waals surface area (Å²) in [6, 6.07) is 8.40. The standard InChI is InChI=1S/C9H8NO9P3/c11-20(18-22(15,16)19-21(12,13)14)17-9-8-4-2-1-3-7(8)5-6-10-9/h1-6H,(H2-,12,13,14,15,16)/p+1. The van der Waals surface area contributed by atoms with Gasteiger partial charge in [0.05, 0.1) is 0 Å². The van der Waals surface area contributed by atoms with Crippen LogP contribution in [0, 0.1) is 0 Å². The van der Waals surface area contributed by atoms with Crippen molar-refractivity contribution in [3.05, 3.63) is 36.5 Å². The first-order chi connectivity index (χ1) is 10.2. The Labute approximate surface area is 124 Å². The molecule has 0 fully saturated rings. The molecule has 0 amide bonds. The molecule has 118 valence electrons. The van der Waals surface area contributed by atoms with Gasteiger partial charge >= 0.3 is 23.9 Å². The van der Waals surface area contributed by atoms with Gasteiger partial charge in [0.1, 0.15) is 0 Å². The Balaban J connectivity index is 2.15. The van der Waals surface area contributed by atoms with E-state index in [9.17, 15) is 13.7 Å². The SMILES string of the molecule is O=[P+](Oc1nccc2ccccc12)OP(=O)(O)OP(=O)(O)O. The van der Waals surface area contributed by atoms with E-state index in [0.717, 1.165) is 0 Å².